The predicted molar refractivity (Wildman–Crippen MR) is 70.3 cm³/mol. The van der Waals surface area contributed by atoms with Gasteiger partial charge in [-0.05, 0) is 19.2 Å². The molecule has 2 N–H and O–H groups in total. The van der Waals surface area contributed by atoms with Gasteiger partial charge in [-0.25, -0.2) is 4.98 Å². The number of aliphatic hydroxyl groups is 1. The summed E-state index contributed by atoms with van der Waals surface area (Å²) in [5, 5.41) is 12.1. The maximum absolute atomic E-state index is 9.05. The van der Waals surface area contributed by atoms with E-state index in [1.165, 1.54) is 4.70 Å². The van der Waals surface area contributed by atoms with E-state index in [0.717, 1.165) is 15.6 Å². The van der Waals surface area contributed by atoms with Gasteiger partial charge in [-0.15, -0.1) is 11.3 Å². The maximum Gasteiger partial charge on any atom is 0.151 e. The van der Waals surface area contributed by atoms with Crippen LogP contribution in [0.4, 0.5) is 0 Å². The lowest BCUT2D eigenvalue weighted by Crippen LogP contribution is -2.31. The van der Waals surface area contributed by atoms with E-state index in [1.54, 1.807) is 23.1 Å². The number of nitrogens with zero attached hydrogens (tertiary/aromatic N) is 1. The summed E-state index contributed by atoms with van der Waals surface area (Å²) >= 11 is 3.39. The number of aromatic nitrogens is 1. The molecule has 0 amide bonds. The minimum absolute atomic E-state index is 0.136. The Morgan fingerprint density at radius 3 is 3.00 bits per heavy atom. The second-order valence-electron chi connectivity index (χ2n) is 3.43. The molecule has 3 nitrogen and oxygen atoms in total. The van der Waals surface area contributed by atoms with Gasteiger partial charge >= 0.3 is 0 Å². The fourth-order valence-electron chi connectivity index (χ4n) is 1.31. The summed E-state index contributed by atoms with van der Waals surface area (Å²) in [6, 6.07) is 8.27. The minimum atomic E-state index is 0.136. The van der Waals surface area contributed by atoms with Gasteiger partial charge in [0.1, 0.15) is 0 Å². The molecule has 0 bridgehead atoms. The molecule has 0 aliphatic carbocycles. The van der Waals surface area contributed by atoms with Crippen molar-refractivity contribution in [3.05, 3.63) is 24.3 Å². The predicted octanol–water partition coefficient (Wildman–Crippen LogP) is 1.97. The topological polar surface area (TPSA) is 45.1 Å². The Balaban J connectivity index is 2.04. The van der Waals surface area contributed by atoms with Gasteiger partial charge in [-0.3, -0.25) is 0 Å². The first-order valence-electron chi connectivity index (χ1n) is 5.10. The minimum Gasteiger partial charge on any atom is -0.395 e. The Labute approximate surface area is 103 Å². The number of benzene rings is 1. The van der Waals surface area contributed by atoms with E-state index in [0.29, 0.717) is 0 Å². The van der Waals surface area contributed by atoms with E-state index in [9.17, 15) is 0 Å². The molecule has 1 aromatic carbocycles. The van der Waals surface area contributed by atoms with Crippen molar-refractivity contribution >= 4 is 33.3 Å². The van der Waals surface area contributed by atoms with Crippen molar-refractivity contribution in [2.75, 3.05) is 19.4 Å². The SMILES string of the molecule is CNC(CO)CSc1nc2ccccc2s1. The number of hydrogen-bond acceptors (Lipinski definition) is 5. The van der Waals surface area contributed by atoms with E-state index in [4.69, 9.17) is 5.11 Å². The first kappa shape index (κ1) is 11.9. The quantitative estimate of drug-likeness (QED) is 0.801. The van der Waals surface area contributed by atoms with Crippen molar-refractivity contribution in [2.45, 2.75) is 10.4 Å². The molecule has 16 heavy (non-hydrogen) atoms. The standard InChI is InChI=1S/C11H14N2OS2/c1-12-8(6-14)7-15-11-13-9-4-2-3-5-10(9)16-11/h2-5,8,12,14H,6-7H2,1H3. The third kappa shape index (κ3) is 2.74. The van der Waals surface area contributed by atoms with E-state index in [1.807, 2.05) is 25.2 Å². The number of hydrogen-bond donors (Lipinski definition) is 2. The highest BCUT2D eigenvalue weighted by atomic mass is 32.2. The smallest absolute Gasteiger partial charge is 0.151 e. The number of aliphatic hydroxyl groups excluding tert-OH is 1. The lowest BCUT2D eigenvalue weighted by Gasteiger charge is -2.10. The number of thioether (sulfide) groups is 1. The van der Waals surface area contributed by atoms with Gasteiger partial charge in [-0.2, -0.15) is 0 Å². The Hall–Kier alpha value is -0.620. The largest absolute Gasteiger partial charge is 0.395 e. The van der Waals surface area contributed by atoms with Gasteiger partial charge in [0, 0.05) is 11.8 Å². The number of thiazole rings is 1. The first-order valence-corrected chi connectivity index (χ1v) is 6.90. The summed E-state index contributed by atoms with van der Waals surface area (Å²) in [7, 11) is 1.86. The zero-order chi connectivity index (χ0) is 11.4. The maximum atomic E-state index is 9.05. The van der Waals surface area contributed by atoms with Gasteiger partial charge in [0.15, 0.2) is 4.34 Å². The number of likely N-dealkylation sites (N-methyl/N-ethyl adjacent to an activating group) is 1. The van der Waals surface area contributed by atoms with Crippen LogP contribution in [0.25, 0.3) is 10.2 Å². The van der Waals surface area contributed by atoms with Gasteiger partial charge in [0.25, 0.3) is 0 Å². The summed E-state index contributed by atoms with van der Waals surface area (Å²) in [6.45, 7) is 0.161. The van der Waals surface area contributed by atoms with E-state index < -0.39 is 0 Å². The van der Waals surface area contributed by atoms with Crippen LogP contribution < -0.4 is 5.32 Å². The molecule has 0 aliphatic heterocycles. The van der Waals surface area contributed by atoms with Crippen molar-refractivity contribution in [1.82, 2.24) is 10.3 Å². The van der Waals surface area contributed by atoms with Gasteiger partial charge < -0.3 is 10.4 Å². The van der Waals surface area contributed by atoms with E-state index >= 15 is 0 Å². The number of fused-ring (bicyclic) bond motifs is 1. The highest BCUT2D eigenvalue weighted by Gasteiger charge is 2.08. The number of nitrogens with one attached hydrogen (secondary N) is 1. The molecule has 0 saturated heterocycles. The van der Waals surface area contributed by atoms with Crippen LogP contribution >= 0.6 is 23.1 Å². The third-order valence-corrected chi connectivity index (χ3v) is 4.65. The van der Waals surface area contributed by atoms with Crippen LogP contribution in [0.15, 0.2) is 28.6 Å². The average Bonchev–Trinajstić information content (AvgIpc) is 2.73. The molecule has 1 atom stereocenters. The third-order valence-electron chi connectivity index (χ3n) is 2.31. The lowest BCUT2D eigenvalue weighted by atomic mass is 10.3. The van der Waals surface area contributed by atoms with Gasteiger partial charge in [0.2, 0.25) is 0 Å². The fourth-order valence-corrected chi connectivity index (χ4v) is 3.50. The normalized spacial score (nSPS) is 13.1. The highest BCUT2D eigenvalue weighted by Crippen LogP contribution is 2.29. The van der Waals surface area contributed by atoms with Crippen molar-refractivity contribution in [3.8, 4) is 0 Å². The zero-order valence-electron chi connectivity index (χ0n) is 9.01. The molecule has 0 spiro atoms. The molecule has 1 unspecified atom stereocenters. The van der Waals surface area contributed by atoms with Gasteiger partial charge in [-0.1, -0.05) is 23.9 Å². The lowest BCUT2D eigenvalue weighted by molar-refractivity contribution is 0.260. The number of rotatable bonds is 5. The molecular formula is C11H14N2OS2. The molecule has 86 valence electrons. The highest BCUT2D eigenvalue weighted by molar-refractivity contribution is 8.01. The summed E-state index contributed by atoms with van der Waals surface area (Å²) < 4.78 is 2.28. The Bertz CT molecular complexity index is 421. The fraction of sp³-hybridized carbons (Fsp3) is 0.364. The average molecular weight is 254 g/mol. The molecule has 0 saturated carbocycles. The van der Waals surface area contributed by atoms with Crippen molar-refractivity contribution in [1.29, 1.82) is 0 Å². The van der Waals surface area contributed by atoms with Crippen molar-refractivity contribution in [3.63, 3.8) is 0 Å². The zero-order valence-corrected chi connectivity index (χ0v) is 10.6. The molecule has 2 rings (SSSR count). The Morgan fingerprint density at radius 1 is 1.50 bits per heavy atom. The molecule has 1 aromatic heterocycles. The first-order chi connectivity index (χ1) is 7.83. The molecule has 2 aromatic rings. The summed E-state index contributed by atoms with van der Waals surface area (Å²) in [5.41, 5.74) is 1.06. The molecule has 0 aliphatic rings. The van der Waals surface area contributed by atoms with E-state index in [2.05, 4.69) is 16.4 Å². The monoisotopic (exact) mass is 254 g/mol. The number of para-hydroxylation sites is 1. The van der Waals surface area contributed by atoms with Crippen LogP contribution in [0.2, 0.25) is 0 Å². The summed E-state index contributed by atoms with van der Waals surface area (Å²) in [4.78, 5) is 4.53. The van der Waals surface area contributed by atoms with Gasteiger partial charge in [0.05, 0.1) is 16.8 Å². The van der Waals surface area contributed by atoms with Crippen LogP contribution in [-0.4, -0.2) is 35.5 Å². The van der Waals surface area contributed by atoms with E-state index in [-0.39, 0.29) is 12.6 Å². The van der Waals surface area contributed by atoms with Crippen LogP contribution in [0.5, 0.6) is 0 Å². The second kappa shape index (κ2) is 5.63. The molecule has 1 heterocycles. The Morgan fingerprint density at radius 2 is 2.31 bits per heavy atom. The van der Waals surface area contributed by atoms with Crippen LogP contribution in [0, 0.1) is 0 Å². The Kier molecular flexibility index (Phi) is 4.17. The molecule has 0 radical (unpaired) electrons. The molecule has 5 heteroatoms. The summed E-state index contributed by atoms with van der Waals surface area (Å²) in [6.07, 6.45) is 0. The molecule has 0 fully saturated rings. The van der Waals surface area contributed by atoms with Crippen LogP contribution in [0.3, 0.4) is 0 Å². The second-order valence-corrected chi connectivity index (χ2v) is 5.72. The van der Waals surface area contributed by atoms with Crippen LogP contribution in [-0.2, 0) is 0 Å². The molecular weight excluding hydrogens is 240 g/mol. The van der Waals surface area contributed by atoms with Crippen molar-refractivity contribution in [2.24, 2.45) is 0 Å². The van der Waals surface area contributed by atoms with Crippen molar-refractivity contribution < 1.29 is 5.11 Å². The summed E-state index contributed by atoms with van der Waals surface area (Å²) in [5.74, 6) is 0.840. The van der Waals surface area contributed by atoms with Crippen LogP contribution in [0.1, 0.15) is 0 Å².